The number of nitrogens with zero attached hydrogens (tertiary/aromatic N) is 2. The lowest BCUT2D eigenvalue weighted by Crippen LogP contribution is -2.11. The number of aryl methyl sites for hydroxylation is 1. The van der Waals surface area contributed by atoms with Gasteiger partial charge < -0.3 is 5.32 Å². The van der Waals surface area contributed by atoms with Gasteiger partial charge in [0.05, 0.1) is 11.9 Å². The molecule has 1 aliphatic heterocycles. The van der Waals surface area contributed by atoms with Crippen molar-refractivity contribution in [2.45, 2.75) is 25.9 Å². The highest BCUT2D eigenvalue weighted by Gasteiger charge is 2.22. The maximum Gasteiger partial charge on any atom is 0.0566 e. The fourth-order valence-electron chi connectivity index (χ4n) is 1.68. The third-order valence-corrected chi connectivity index (χ3v) is 2.39. The van der Waals surface area contributed by atoms with Gasteiger partial charge in [-0.25, -0.2) is 0 Å². The minimum absolute atomic E-state index is 0.540. The number of nitrogens with one attached hydrogen (secondary N) is 1. The summed E-state index contributed by atoms with van der Waals surface area (Å²) in [4.78, 5) is 0. The molecule has 0 bridgehead atoms. The molecule has 1 aliphatic rings. The van der Waals surface area contributed by atoms with Crippen molar-refractivity contribution in [3.8, 4) is 0 Å². The van der Waals surface area contributed by atoms with E-state index in [-0.39, 0.29) is 0 Å². The van der Waals surface area contributed by atoms with Crippen LogP contribution in [0.4, 0.5) is 0 Å². The van der Waals surface area contributed by atoms with Crippen LogP contribution in [0.1, 0.15) is 30.6 Å². The summed E-state index contributed by atoms with van der Waals surface area (Å²) < 4.78 is 1.96. The van der Waals surface area contributed by atoms with Gasteiger partial charge in [0.1, 0.15) is 0 Å². The van der Waals surface area contributed by atoms with Crippen LogP contribution in [-0.2, 0) is 13.6 Å². The van der Waals surface area contributed by atoms with Crippen molar-refractivity contribution < 1.29 is 0 Å². The number of hydrogen-bond donors (Lipinski definition) is 1. The summed E-state index contributed by atoms with van der Waals surface area (Å²) in [7, 11) is 2.00. The zero-order chi connectivity index (χ0) is 7.84. The van der Waals surface area contributed by atoms with E-state index in [0.29, 0.717) is 6.04 Å². The molecule has 3 heteroatoms. The van der Waals surface area contributed by atoms with E-state index in [0.717, 1.165) is 13.0 Å². The fourth-order valence-corrected chi connectivity index (χ4v) is 1.68. The van der Waals surface area contributed by atoms with E-state index in [2.05, 4.69) is 17.3 Å². The standard InChI is InChI=1S/C8H13N3/c1-3-7-6-4-10-11(2)8(6)5-9-7/h4,7,9H,3,5H2,1-2H3. The van der Waals surface area contributed by atoms with Gasteiger partial charge in [0, 0.05) is 25.2 Å². The molecule has 1 unspecified atom stereocenters. The van der Waals surface area contributed by atoms with Crippen LogP contribution in [0.3, 0.4) is 0 Å². The van der Waals surface area contributed by atoms with Crippen LogP contribution in [0, 0.1) is 0 Å². The monoisotopic (exact) mass is 151 g/mol. The smallest absolute Gasteiger partial charge is 0.0566 e. The molecule has 1 atom stereocenters. The van der Waals surface area contributed by atoms with Crippen molar-refractivity contribution in [3.05, 3.63) is 17.5 Å². The van der Waals surface area contributed by atoms with E-state index >= 15 is 0 Å². The molecule has 0 aliphatic carbocycles. The molecule has 2 heterocycles. The van der Waals surface area contributed by atoms with E-state index in [9.17, 15) is 0 Å². The molecule has 1 aromatic rings. The summed E-state index contributed by atoms with van der Waals surface area (Å²) in [5.74, 6) is 0. The Balaban J connectivity index is 2.40. The Morgan fingerprint density at radius 2 is 2.64 bits per heavy atom. The Morgan fingerprint density at radius 3 is 3.36 bits per heavy atom. The molecule has 0 saturated heterocycles. The summed E-state index contributed by atoms with van der Waals surface area (Å²) in [5, 5.41) is 7.64. The van der Waals surface area contributed by atoms with Gasteiger partial charge in [-0.15, -0.1) is 0 Å². The van der Waals surface area contributed by atoms with Crippen molar-refractivity contribution in [2.24, 2.45) is 7.05 Å². The van der Waals surface area contributed by atoms with Crippen molar-refractivity contribution in [1.29, 1.82) is 0 Å². The first-order valence-electron chi connectivity index (χ1n) is 4.07. The lowest BCUT2D eigenvalue weighted by molar-refractivity contribution is 0.553. The lowest BCUT2D eigenvalue weighted by Gasteiger charge is -2.04. The van der Waals surface area contributed by atoms with Crippen molar-refractivity contribution in [1.82, 2.24) is 15.1 Å². The Bertz CT molecular complexity index is 264. The Hall–Kier alpha value is -0.830. The van der Waals surface area contributed by atoms with Crippen LogP contribution in [-0.4, -0.2) is 9.78 Å². The highest BCUT2D eigenvalue weighted by molar-refractivity contribution is 5.26. The zero-order valence-electron chi connectivity index (χ0n) is 6.96. The van der Waals surface area contributed by atoms with Crippen LogP contribution < -0.4 is 5.32 Å². The van der Waals surface area contributed by atoms with E-state index < -0.39 is 0 Å². The van der Waals surface area contributed by atoms with Gasteiger partial charge in [-0.3, -0.25) is 4.68 Å². The van der Waals surface area contributed by atoms with E-state index in [1.807, 2.05) is 17.9 Å². The predicted octanol–water partition coefficient (Wildman–Crippen LogP) is 0.974. The maximum atomic E-state index is 4.21. The van der Waals surface area contributed by atoms with Gasteiger partial charge in [0.2, 0.25) is 0 Å². The second-order valence-corrected chi connectivity index (χ2v) is 3.01. The highest BCUT2D eigenvalue weighted by atomic mass is 15.3. The van der Waals surface area contributed by atoms with Gasteiger partial charge in [-0.1, -0.05) is 6.92 Å². The van der Waals surface area contributed by atoms with Gasteiger partial charge in [-0.05, 0) is 6.42 Å². The molecule has 1 aromatic heterocycles. The number of fused-ring (bicyclic) bond motifs is 1. The van der Waals surface area contributed by atoms with Gasteiger partial charge in [-0.2, -0.15) is 5.10 Å². The third-order valence-electron chi connectivity index (χ3n) is 2.39. The summed E-state index contributed by atoms with van der Waals surface area (Å²) in [6.45, 7) is 3.17. The SMILES string of the molecule is CCC1NCc2c1cnn2C. The molecular weight excluding hydrogens is 138 g/mol. The van der Waals surface area contributed by atoms with Gasteiger partial charge >= 0.3 is 0 Å². The number of aromatic nitrogens is 2. The fraction of sp³-hybridized carbons (Fsp3) is 0.625. The summed E-state index contributed by atoms with van der Waals surface area (Å²) in [6.07, 6.45) is 3.13. The second kappa shape index (κ2) is 2.34. The highest BCUT2D eigenvalue weighted by Crippen LogP contribution is 2.26. The molecule has 0 amide bonds. The molecule has 2 rings (SSSR count). The Labute approximate surface area is 66.4 Å². The minimum atomic E-state index is 0.540. The predicted molar refractivity (Wildman–Crippen MR) is 43.1 cm³/mol. The van der Waals surface area contributed by atoms with Gasteiger partial charge in [0.25, 0.3) is 0 Å². The molecule has 0 aromatic carbocycles. The van der Waals surface area contributed by atoms with Crippen LogP contribution in [0.15, 0.2) is 6.20 Å². The third kappa shape index (κ3) is 0.878. The van der Waals surface area contributed by atoms with Gasteiger partial charge in [0.15, 0.2) is 0 Å². The lowest BCUT2D eigenvalue weighted by atomic mass is 10.1. The Kier molecular flexibility index (Phi) is 1.46. The zero-order valence-corrected chi connectivity index (χ0v) is 6.96. The minimum Gasteiger partial charge on any atom is -0.304 e. The van der Waals surface area contributed by atoms with Crippen molar-refractivity contribution in [2.75, 3.05) is 0 Å². The molecule has 0 fully saturated rings. The maximum absolute atomic E-state index is 4.21. The number of hydrogen-bond acceptors (Lipinski definition) is 2. The molecule has 0 spiro atoms. The molecule has 1 N–H and O–H groups in total. The first-order valence-corrected chi connectivity index (χ1v) is 4.07. The normalized spacial score (nSPS) is 22.2. The first kappa shape index (κ1) is 6.85. The van der Waals surface area contributed by atoms with Crippen LogP contribution >= 0.6 is 0 Å². The molecule has 3 nitrogen and oxygen atoms in total. The number of rotatable bonds is 1. The topological polar surface area (TPSA) is 29.9 Å². The van der Waals surface area contributed by atoms with E-state index in [1.165, 1.54) is 11.3 Å². The molecule has 0 radical (unpaired) electrons. The van der Waals surface area contributed by atoms with Crippen LogP contribution in [0.25, 0.3) is 0 Å². The summed E-state index contributed by atoms with van der Waals surface area (Å²) >= 11 is 0. The van der Waals surface area contributed by atoms with Crippen LogP contribution in [0.5, 0.6) is 0 Å². The quantitative estimate of drug-likeness (QED) is 0.648. The van der Waals surface area contributed by atoms with Crippen molar-refractivity contribution in [3.63, 3.8) is 0 Å². The van der Waals surface area contributed by atoms with E-state index in [1.54, 1.807) is 0 Å². The largest absolute Gasteiger partial charge is 0.304 e. The van der Waals surface area contributed by atoms with Crippen molar-refractivity contribution >= 4 is 0 Å². The summed E-state index contributed by atoms with van der Waals surface area (Å²) in [5.41, 5.74) is 2.73. The van der Waals surface area contributed by atoms with Crippen LogP contribution in [0.2, 0.25) is 0 Å². The summed E-state index contributed by atoms with van der Waals surface area (Å²) in [6, 6.07) is 0.540. The second-order valence-electron chi connectivity index (χ2n) is 3.01. The average Bonchev–Trinajstić information content (AvgIpc) is 2.53. The molecule has 11 heavy (non-hydrogen) atoms. The average molecular weight is 151 g/mol. The Morgan fingerprint density at radius 1 is 1.82 bits per heavy atom. The molecule has 0 saturated carbocycles. The molecular formula is C8H13N3. The first-order chi connectivity index (χ1) is 5.33. The van der Waals surface area contributed by atoms with E-state index in [4.69, 9.17) is 0 Å². The molecule has 60 valence electrons.